The van der Waals surface area contributed by atoms with Crippen LogP contribution in [0, 0.1) is 0 Å². The summed E-state index contributed by atoms with van der Waals surface area (Å²) in [4.78, 5) is 13.7. The molecule has 1 aliphatic rings. The van der Waals surface area contributed by atoms with E-state index >= 15 is 0 Å². The summed E-state index contributed by atoms with van der Waals surface area (Å²) in [7, 11) is -17.3. The molecule has 0 bridgehead atoms. The first kappa shape index (κ1) is 54.0. The monoisotopic (exact) mass is 918 g/mol. The zero-order chi connectivity index (χ0) is 43.4. The Hall–Kier alpha value is 1.01. The quantitative estimate of drug-likeness (QED) is 0.0683. The van der Waals surface area contributed by atoms with Crippen LogP contribution in [0.2, 0.25) is 157 Å². The lowest BCUT2D eigenvalue weighted by atomic mass is 9.99. The minimum absolute atomic E-state index is 0.304. The standard InChI is InChI=1S/C36H86O11Si8/c1-48(2,3)38-26-29-32(44-52(13,14)15)34(46-54(19,20)21)35(47-55(22,23)24)36(41-29)40-28(25-37)31(43-51(10,11)12)33(45-53(16,17)18)30(42-50(7,8)9)27-39-49(4,5)6/h25,28-36H,26-27H2,1-24H3/t28?,29-,30-,31-,32-,33-,34+,35-,36-/m0/s1. The summed E-state index contributed by atoms with van der Waals surface area (Å²) in [6.45, 7) is 52.4. The fourth-order valence-electron chi connectivity index (χ4n) is 5.90. The minimum Gasteiger partial charge on any atom is -0.415 e. The number of hydrogen-bond donors (Lipinski definition) is 0. The summed E-state index contributed by atoms with van der Waals surface area (Å²) < 4.78 is 69.2. The molecule has 1 rings (SSSR count). The molecule has 0 aromatic rings. The minimum atomic E-state index is -2.35. The third kappa shape index (κ3) is 23.6. The Morgan fingerprint density at radius 1 is 0.473 bits per heavy atom. The molecule has 1 saturated heterocycles. The lowest BCUT2D eigenvalue weighted by molar-refractivity contribution is -0.305. The smallest absolute Gasteiger partial charge is 0.186 e. The van der Waals surface area contributed by atoms with Gasteiger partial charge in [0.25, 0.3) is 0 Å². The molecule has 11 nitrogen and oxygen atoms in total. The second kappa shape index (κ2) is 20.3. The van der Waals surface area contributed by atoms with Crippen LogP contribution < -0.4 is 0 Å². The lowest BCUT2D eigenvalue weighted by Gasteiger charge is -2.51. The average Bonchev–Trinajstić information content (AvgIpc) is 2.89. The molecule has 1 heterocycles. The molecular formula is C36H86O11Si8. The molecule has 0 saturated carbocycles. The van der Waals surface area contributed by atoms with Crippen molar-refractivity contribution >= 4 is 72.8 Å². The van der Waals surface area contributed by atoms with Crippen LogP contribution in [0.1, 0.15) is 0 Å². The van der Waals surface area contributed by atoms with Gasteiger partial charge in [0.1, 0.15) is 42.7 Å². The van der Waals surface area contributed by atoms with Gasteiger partial charge in [0.15, 0.2) is 79.1 Å². The van der Waals surface area contributed by atoms with E-state index in [0.29, 0.717) is 13.2 Å². The van der Waals surface area contributed by atoms with Crippen molar-refractivity contribution in [2.75, 3.05) is 13.2 Å². The highest BCUT2D eigenvalue weighted by Crippen LogP contribution is 2.36. The van der Waals surface area contributed by atoms with Crippen LogP contribution >= 0.6 is 0 Å². The molecule has 0 aromatic carbocycles. The molecule has 0 spiro atoms. The third-order valence-corrected chi connectivity index (χ3v) is 15.3. The van der Waals surface area contributed by atoms with Crippen molar-refractivity contribution < 1.29 is 49.7 Å². The first-order valence-corrected chi connectivity index (χ1v) is 47.6. The fraction of sp³-hybridized carbons (Fsp3) is 0.972. The predicted molar refractivity (Wildman–Crippen MR) is 248 cm³/mol. The van der Waals surface area contributed by atoms with Gasteiger partial charge in [-0.3, -0.25) is 0 Å². The van der Waals surface area contributed by atoms with Gasteiger partial charge in [-0.05, 0) is 157 Å². The van der Waals surface area contributed by atoms with Crippen LogP contribution in [0.3, 0.4) is 0 Å². The van der Waals surface area contributed by atoms with Gasteiger partial charge in [-0.2, -0.15) is 0 Å². The Balaban J connectivity index is 4.11. The summed E-state index contributed by atoms with van der Waals surface area (Å²) in [5.74, 6) is 0. The molecular weight excluding hydrogens is 833 g/mol. The summed E-state index contributed by atoms with van der Waals surface area (Å²) in [5, 5.41) is 0. The van der Waals surface area contributed by atoms with Crippen molar-refractivity contribution in [3.63, 3.8) is 0 Å². The zero-order valence-corrected chi connectivity index (χ0v) is 47.7. The van der Waals surface area contributed by atoms with Crippen molar-refractivity contribution in [3.05, 3.63) is 0 Å². The third-order valence-electron chi connectivity index (χ3n) is 7.34. The number of carbonyl (C=O) groups excluding carboxylic acids is 1. The second-order valence-corrected chi connectivity index (χ2v) is 58.7. The molecule has 0 radical (unpaired) electrons. The SMILES string of the molecule is C[Si](C)(C)OC[C@@H]1O[C@H](OC(C=O)[C@H](O[Si](C)(C)C)[C@@H](O[Si](C)(C)C)[C@H](CO[Si](C)(C)C)O[Si](C)(C)C)[C@@H](O[Si](C)(C)C)[C@H](O[Si](C)(C)C)[C@H]1O[Si](C)(C)C. The van der Waals surface area contributed by atoms with Crippen LogP contribution in [-0.4, -0.2) is 141 Å². The van der Waals surface area contributed by atoms with Gasteiger partial charge >= 0.3 is 0 Å². The molecule has 0 aliphatic carbocycles. The second-order valence-electron chi connectivity index (χ2n) is 22.9. The average molecular weight is 920 g/mol. The van der Waals surface area contributed by atoms with E-state index in [1.165, 1.54) is 0 Å². The number of hydrogen-bond acceptors (Lipinski definition) is 11. The maximum Gasteiger partial charge on any atom is 0.186 e. The van der Waals surface area contributed by atoms with Gasteiger partial charge < -0.3 is 49.7 Å². The predicted octanol–water partition coefficient (Wildman–Crippen LogP) is 9.32. The van der Waals surface area contributed by atoms with Crippen molar-refractivity contribution in [3.8, 4) is 0 Å². The molecule has 1 unspecified atom stereocenters. The Morgan fingerprint density at radius 3 is 1.25 bits per heavy atom. The normalized spacial score (nSPS) is 25.1. The Kier molecular flexibility index (Phi) is 19.9. The van der Waals surface area contributed by atoms with E-state index in [2.05, 4.69) is 157 Å². The molecule has 19 heteroatoms. The van der Waals surface area contributed by atoms with Crippen LogP contribution in [0.4, 0.5) is 0 Å². The van der Waals surface area contributed by atoms with Crippen LogP contribution in [0.15, 0.2) is 0 Å². The van der Waals surface area contributed by atoms with E-state index in [-0.39, 0.29) is 0 Å². The molecule has 0 amide bonds. The maximum atomic E-state index is 13.7. The molecule has 0 N–H and O–H groups in total. The Morgan fingerprint density at radius 2 is 0.873 bits per heavy atom. The molecule has 1 aliphatic heterocycles. The highest BCUT2D eigenvalue weighted by Gasteiger charge is 2.54. The summed E-state index contributed by atoms with van der Waals surface area (Å²) in [6, 6.07) is 0. The summed E-state index contributed by atoms with van der Waals surface area (Å²) >= 11 is 0. The van der Waals surface area contributed by atoms with Crippen LogP contribution in [-0.2, 0) is 49.7 Å². The van der Waals surface area contributed by atoms with Crippen molar-refractivity contribution in [2.24, 2.45) is 0 Å². The van der Waals surface area contributed by atoms with Crippen LogP contribution in [0.25, 0.3) is 0 Å². The van der Waals surface area contributed by atoms with E-state index in [1.807, 2.05) is 0 Å². The van der Waals surface area contributed by atoms with Crippen molar-refractivity contribution in [1.82, 2.24) is 0 Å². The molecule has 1 fully saturated rings. The van der Waals surface area contributed by atoms with E-state index in [4.69, 9.17) is 44.9 Å². The first-order valence-electron chi connectivity index (χ1n) is 20.3. The van der Waals surface area contributed by atoms with Crippen molar-refractivity contribution in [1.29, 1.82) is 0 Å². The van der Waals surface area contributed by atoms with Gasteiger partial charge in [-0.1, -0.05) is 0 Å². The molecule has 328 valence electrons. The number of ether oxygens (including phenoxy) is 2. The number of rotatable bonds is 24. The van der Waals surface area contributed by atoms with Gasteiger partial charge in [0, 0.05) is 0 Å². The lowest BCUT2D eigenvalue weighted by Crippen LogP contribution is -2.67. The molecule has 55 heavy (non-hydrogen) atoms. The van der Waals surface area contributed by atoms with Gasteiger partial charge in [-0.15, -0.1) is 0 Å². The van der Waals surface area contributed by atoms with E-state index in [0.717, 1.165) is 6.29 Å². The van der Waals surface area contributed by atoms with Gasteiger partial charge in [0.2, 0.25) is 0 Å². The fourth-order valence-corrected chi connectivity index (χ4v) is 13.8. The number of carbonyl (C=O) groups is 1. The van der Waals surface area contributed by atoms with Crippen molar-refractivity contribution in [2.45, 2.75) is 212 Å². The van der Waals surface area contributed by atoms with E-state index < -0.39 is 122 Å². The van der Waals surface area contributed by atoms with Gasteiger partial charge in [0.05, 0.1) is 19.3 Å². The van der Waals surface area contributed by atoms with Gasteiger partial charge in [-0.25, -0.2) is 0 Å². The largest absolute Gasteiger partial charge is 0.415 e. The van der Waals surface area contributed by atoms with E-state index in [1.54, 1.807) is 0 Å². The number of aldehydes is 1. The zero-order valence-electron chi connectivity index (χ0n) is 39.7. The van der Waals surface area contributed by atoms with Crippen LogP contribution in [0.5, 0.6) is 0 Å². The molecule has 9 atom stereocenters. The summed E-state index contributed by atoms with van der Waals surface area (Å²) in [5.41, 5.74) is 0. The highest BCUT2D eigenvalue weighted by atomic mass is 28.4. The summed E-state index contributed by atoms with van der Waals surface area (Å²) in [6.07, 6.45) is -5.40. The maximum absolute atomic E-state index is 13.7. The molecule has 0 aromatic heterocycles. The highest BCUT2D eigenvalue weighted by molar-refractivity contribution is 6.72. The Labute approximate surface area is 346 Å². The Bertz CT molecular complexity index is 1160. The topological polar surface area (TPSA) is 109 Å². The first-order chi connectivity index (χ1) is 24.2. The van der Waals surface area contributed by atoms with E-state index in [9.17, 15) is 4.79 Å².